The van der Waals surface area contributed by atoms with E-state index >= 15 is 0 Å². The van der Waals surface area contributed by atoms with E-state index < -0.39 is 0 Å². The van der Waals surface area contributed by atoms with Gasteiger partial charge in [0.2, 0.25) is 5.91 Å². The predicted octanol–water partition coefficient (Wildman–Crippen LogP) is 4.81. The number of hydrogen-bond acceptors (Lipinski definition) is 3. The third kappa shape index (κ3) is 4.90. The molecule has 0 saturated heterocycles. The Hall–Kier alpha value is -2.98. The highest BCUT2D eigenvalue weighted by atomic mass is 35.5. The Balaban J connectivity index is 1.45. The van der Waals surface area contributed by atoms with Crippen LogP contribution in [0.5, 0.6) is 5.75 Å². The molecule has 0 aromatic heterocycles. The molecule has 1 aliphatic heterocycles. The number of rotatable bonds is 6. The Bertz CT molecular complexity index is 960. The van der Waals surface area contributed by atoms with Crippen LogP contribution in [0, 0.1) is 0 Å². The van der Waals surface area contributed by atoms with Crippen molar-refractivity contribution in [3.63, 3.8) is 0 Å². The van der Waals surface area contributed by atoms with Gasteiger partial charge in [-0.15, -0.1) is 0 Å². The number of carbonyl (C=O) groups excluding carboxylic acids is 1. The minimum absolute atomic E-state index is 0.00555. The van der Waals surface area contributed by atoms with Crippen molar-refractivity contribution in [2.75, 3.05) is 11.5 Å². The van der Waals surface area contributed by atoms with Crippen molar-refractivity contribution in [1.82, 2.24) is 5.32 Å². The number of nitrogens with zero attached hydrogens (tertiary/aromatic N) is 1. The highest BCUT2D eigenvalue weighted by molar-refractivity contribution is 6.30. The molecule has 0 saturated carbocycles. The molecular formula is C24H23ClN2O2. The maximum atomic E-state index is 12.6. The van der Waals surface area contributed by atoms with Gasteiger partial charge in [0.15, 0.2) is 0 Å². The minimum Gasteiger partial charge on any atom is -0.489 e. The van der Waals surface area contributed by atoms with Crippen molar-refractivity contribution in [1.29, 1.82) is 0 Å². The Kier molecular flexibility index (Phi) is 6.01. The summed E-state index contributed by atoms with van der Waals surface area (Å²) in [7, 11) is 0. The first-order chi connectivity index (χ1) is 14.2. The van der Waals surface area contributed by atoms with E-state index in [9.17, 15) is 4.79 Å². The van der Waals surface area contributed by atoms with E-state index in [0.717, 1.165) is 23.5 Å². The molecule has 3 aromatic carbocycles. The first-order valence-electron chi connectivity index (χ1n) is 9.72. The van der Waals surface area contributed by atoms with Crippen LogP contribution in [0.1, 0.15) is 17.5 Å². The van der Waals surface area contributed by atoms with Gasteiger partial charge < -0.3 is 15.0 Å². The molecular weight excluding hydrogens is 384 g/mol. The summed E-state index contributed by atoms with van der Waals surface area (Å²) < 4.78 is 5.94. The molecule has 0 unspecified atom stereocenters. The third-order valence-corrected chi connectivity index (χ3v) is 5.32. The monoisotopic (exact) mass is 406 g/mol. The van der Waals surface area contributed by atoms with Crippen LogP contribution in [0.4, 0.5) is 5.69 Å². The Labute approximate surface area is 176 Å². The standard InChI is InChI=1S/C24H23ClN2O2/c25-20-12-10-18(11-13-20)15-26-24(28)14-21-17-29-23-9-5-4-8-22(23)27(21)16-19-6-2-1-3-7-19/h1-13,21H,14-17H2,(H,26,28)/t21-/m0/s1. The van der Waals surface area contributed by atoms with E-state index in [-0.39, 0.29) is 11.9 Å². The predicted molar refractivity (Wildman–Crippen MR) is 116 cm³/mol. The van der Waals surface area contributed by atoms with Crippen LogP contribution in [0.25, 0.3) is 0 Å². The van der Waals surface area contributed by atoms with Crippen molar-refractivity contribution < 1.29 is 9.53 Å². The van der Waals surface area contributed by atoms with Gasteiger partial charge in [-0.1, -0.05) is 66.2 Å². The number of halogens is 1. The average Bonchev–Trinajstić information content (AvgIpc) is 2.76. The second-order valence-corrected chi connectivity index (χ2v) is 7.59. The fourth-order valence-corrected chi connectivity index (χ4v) is 3.67. The van der Waals surface area contributed by atoms with E-state index in [2.05, 4.69) is 28.4 Å². The van der Waals surface area contributed by atoms with Crippen LogP contribution in [-0.2, 0) is 17.9 Å². The van der Waals surface area contributed by atoms with Gasteiger partial charge >= 0.3 is 0 Å². The van der Waals surface area contributed by atoms with Gasteiger partial charge in [0.25, 0.3) is 0 Å². The molecule has 148 valence electrons. The fraction of sp³-hybridized carbons (Fsp3) is 0.208. The summed E-state index contributed by atoms with van der Waals surface area (Å²) in [6, 6.07) is 25.8. The maximum Gasteiger partial charge on any atom is 0.222 e. The lowest BCUT2D eigenvalue weighted by molar-refractivity contribution is -0.121. The van der Waals surface area contributed by atoms with Crippen molar-refractivity contribution in [3.05, 3.63) is 95.0 Å². The highest BCUT2D eigenvalue weighted by Gasteiger charge is 2.29. The number of fused-ring (bicyclic) bond motifs is 1. The highest BCUT2D eigenvalue weighted by Crippen LogP contribution is 2.35. The molecule has 1 amide bonds. The lowest BCUT2D eigenvalue weighted by atomic mass is 10.1. The van der Waals surface area contributed by atoms with Crippen LogP contribution >= 0.6 is 11.6 Å². The van der Waals surface area contributed by atoms with E-state index in [1.165, 1.54) is 5.56 Å². The van der Waals surface area contributed by atoms with Gasteiger partial charge in [0, 0.05) is 18.1 Å². The Morgan fingerprint density at radius 1 is 0.966 bits per heavy atom. The quantitative estimate of drug-likeness (QED) is 0.638. The number of amides is 1. The topological polar surface area (TPSA) is 41.6 Å². The lowest BCUT2D eigenvalue weighted by Gasteiger charge is -2.38. The van der Waals surface area contributed by atoms with Crippen LogP contribution in [-0.4, -0.2) is 18.6 Å². The van der Waals surface area contributed by atoms with E-state index in [4.69, 9.17) is 16.3 Å². The van der Waals surface area contributed by atoms with Gasteiger partial charge in [0.05, 0.1) is 18.2 Å². The summed E-state index contributed by atoms with van der Waals surface area (Å²) in [6.07, 6.45) is 0.370. The molecule has 0 aliphatic carbocycles. The molecule has 0 spiro atoms. The first-order valence-corrected chi connectivity index (χ1v) is 10.1. The van der Waals surface area contributed by atoms with E-state index in [1.54, 1.807) is 0 Å². The number of nitrogens with one attached hydrogen (secondary N) is 1. The number of hydrogen-bond donors (Lipinski definition) is 1. The molecule has 1 aliphatic rings. The van der Waals surface area contributed by atoms with Gasteiger partial charge in [0.1, 0.15) is 12.4 Å². The molecule has 4 nitrogen and oxygen atoms in total. The second-order valence-electron chi connectivity index (χ2n) is 7.15. The maximum absolute atomic E-state index is 12.6. The molecule has 0 radical (unpaired) electrons. The van der Waals surface area contributed by atoms with Crippen molar-refractivity contribution in [2.24, 2.45) is 0 Å². The first kappa shape index (κ1) is 19.3. The van der Waals surface area contributed by atoms with Gasteiger partial charge in [-0.3, -0.25) is 4.79 Å². The summed E-state index contributed by atoms with van der Waals surface area (Å²) in [5.41, 5.74) is 3.25. The van der Waals surface area contributed by atoms with E-state index in [0.29, 0.717) is 24.6 Å². The number of ether oxygens (including phenoxy) is 1. The molecule has 1 N–H and O–H groups in total. The molecule has 3 aromatic rings. The summed E-state index contributed by atoms with van der Waals surface area (Å²) in [4.78, 5) is 14.9. The number of carbonyl (C=O) groups is 1. The zero-order valence-corrected chi connectivity index (χ0v) is 16.8. The van der Waals surface area contributed by atoms with Crippen LogP contribution < -0.4 is 15.0 Å². The lowest BCUT2D eigenvalue weighted by Crippen LogP contribution is -2.45. The van der Waals surface area contributed by atoms with Crippen LogP contribution in [0.3, 0.4) is 0 Å². The summed E-state index contributed by atoms with van der Waals surface area (Å²) >= 11 is 5.92. The molecule has 0 fully saturated rings. The molecule has 29 heavy (non-hydrogen) atoms. The molecule has 4 rings (SSSR count). The zero-order chi connectivity index (χ0) is 20.1. The number of anilines is 1. The van der Waals surface area contributed by atoms with Crippen LogP contribution in [0.2, 0.25) is 5.02 Å². The number of benzene rings is 3. The Morgan fingerprint density at radius 2 is 1.69 bits per heavy atom. The fourth-order valence-electron chi connectivity index (χ4n) is 3.54. The largest absolute Gasteiger partial charge is 0.489 e. The zero-order valence-electron chi connectivity index (χ0n) is 16.1. The van der Waals surface area contributed by atoms with E-state index in [1.807, 2.05) is 60.7 Å². The van der Waals surface area contributed by atoms with Gasteiger partial charge in [-0.05, 0) is 35.4 Å². The van der Waals surface area contributed by atoms with Gasteiger partial charge in [-0.2, -0.15) is 0 Å². The SMILES string of the molecule is O=C(C[C@H]1COc2ccccc2N1Cc1ccccc1)NCc1ccc(Cl)cc1. The molecule has 0 bridgehead atoms. The summed E-state index contributed by atoms with van der Waals surface area (Å²) in [5.74, 6) is 0.868. The third-order valence-electron chi connectivity index (χ3n) is 5.07. The summed E-state index contributed by atoms with van der Waals surface area (Å²) in [6.45, 7) is 1.70. The second kappa shape index (κ2) is 9.01. The van der Waals surface area contributed by atoms with Gasteiger partial charge in [-0.25, -0.2) is 0 Å². The van der Waals surface area contributed by atoms with Crippen molar-refractivity contribution >= 4 is 23.2 Å². The average molecular weight is 407 g/mol. The molecule has 5 heteroatoms. The number of para-hydroxylation sites is 2. The minimum atomic E-state index is -0.0321. The van der Waals surface area contributed by atoms with Crippen LogP contribution in [0.15, 0.2) is 78.9 Å². The Morgan fingerprint density at radius 3 is 2.48 bits per heavy atom. The normalized spacial score (nSPS) is 15.3. The summed E-state index contributed by atoms with van der Waals surface area (Å²) in [5, 5.41) is 3.70. The van der Waals surface area contributed by atoms with Crippen molar-refractivity contribution in [2.45, 2.75) is 25.6 Å². The smallest absolute Gasteiger partial charge is 0.222 e. The molecule has 1 heterocycles. The molecule has 1 atom stereocenters. The van der Waals surface area contributed by atoms with Crippen molar-refractivity contribution in [3.8, 4) is 5.75 Å².